The fraction of sp³-hybridized carbons (Fsp3) is 0.0588. The van der Waals surface area contributed by atoms with E-state index >= 15 is 0 Å². The molecule has 1 aromatic heterocycles. The summed E-state index contributed by atoms with van der Waals surface area (Å²) in [7, 11) is 0. The van der Waals surface area contributed by atoms with Crippen molar-refractivity contribution in [1.29, 1.82) is 0 Å². The Morgan fingerprint density at radius 2 is 1.91 bits per heavy atom. The third kappa shape index (κ3) is 3.59. The Morgan fingerprint density at radius 1 is 1.14 bits per heavy atom. The molecule has 0 saturated heterocycles. The van der Waals surface area contributed by atoms with Gasteiger partial charge >= 0.3 is 0 Å². The molecule has 3 rings (SSSR count). The van der Waals surface area contributed by atoms with E-state index in [-0.39, 0.29) is 5.91 Å². The first-order chi connectivity index (χ1) is 10.7. The van der Waals surface area contributed by atoms with E-state index in [0.717, 1.165) is 15.8 Å². The summed E-state index contributed by atoms with van der Waals surface area (Å²) in [5.41, 5.74) is 1.61. The van der Waals surface area contributed by atoms with Gasteiger partial charge in [0.25, 0.3) is 0 Å². The van der Waals surface area contributed by atoms with Gasteiger partial charge in [0, 0.05) is 10.3 Å². The lowest BCUT2D eigenvalue weighted by molar-refractivity contribution is -0.113. The standard InChI is InChI=1S/C17H13ClN2OS/c18-14-6-2-4-8-16(14)22-11-17(21)20-13-9-12-5-1-3-7-15(12)19-10-13/h1-10H,11H2,(H,20,21). The molecule has 3 aromatic rings. The second-order valence-electron chi connectivity index (χ2n) is 4.68. The first-order valence-corrected chi connectivity index (χ1v) is 8.11. The van der Waals surface area contributed by atoms with Crippen LogP contribution in [0, 0.1) is 0 Å². The van der Waals surface area contributed by atoms with Crippen molar-refractivity contribution in [2.75, 3.05) is 11.1 Å². The van der Waals surface area contributed by atoms with Crippen LogP contribution in [0.5, 0.6) is 0 Å². The molecule has 0 radical (unpaired) electrons. The van der Waals surface area contributed by atoms with E-state index in [1.54, 1.807) is 6.20 Å². The van der Waals surface area contributed by atoms with Crippen LogP contribution < -0.4 is 5.32 Å². The summed E-state index contributed by atoms with van der Waals surface area (Å²) >= 11 is 7.48. The molecule has 0 aliphatic heterocycles. The van der Waals surface area contributed by atoms with Gasteiger partial charge in [-0.15, -0.1) is 11.8 Å². The highest BCUT2D eigenvalue weighted by Gasteiger charge is 2.06. The highest BCUT2D eigenvalue weighted by atomic mass is 35.5. The molecule has 1 amide bonds. The molecular weight excluding hydrogens is 316 g/mol. The number of hydrogen-bond acceptors (Lipinski definition) is 3. The summed E-state index contributed by atoms with van der Waals surface area (Å²) in [4.78, 5) is 17.3. The third-order valence-electron chi connectivity index (χ3n) is 3.07. The number of amides is 1. The average molecular weight is 329 g/mol. The number of hydrogen-bond donors (Lipinski definition) is 1. The quantitative estimate of drug-likeness (QED) is 0.711. The molecule has 2 aromatic carbocycles. The number of benzene rings is 2. The first kappa shape index (κ1) is 14.9. The topological polar surface area (TPSA) is 42.0 Å². The van der Waals surface area contributed by atoms with Crippen molar-refractivity contribution in [2.45, 2.75) is 4.90 Å². The number of aromatic nitrogens is 1. The molecule has 0 spiro atoms. The number of rotatable bonds is 4. The Hall–Kier alpha value is -2.04. The van der Waals surface area contributed by atoms with E-state index in [0.29, 0.717) is 16.5 Å². The minimum atomic E-state index is -0.0815. The largest absolute Gasteiger partial charge is 0.324 e. The highest BCUT2D eigenvalue weighted by molar-refractivity contribution is 8.00. The Balaban J connectivity index is 1.64. The van der Waals surface area contributed by atoms with Gasteiger partial charge in [-0.1, -0.05) is 41.9 Å². The molecule has 0 aliphatic rings. The van der Waals surface area contributed by atoms with Crippen LogP contribution in [0.4, 0.5) is 5.69 Å². The van der Waals surface area contributed by atoms with Gasteiger partial charge in [0.1, 0.15) is 0 Å². The summed E-state index contributed by atoms with van der Waals surface area (Å²) in [6.45, 7) is 0. The van der Waals surface area contributed by atoms with Crippen LogP contribution in [0.3, 0.4) is 0 Å². The average Bonchev–Trinajstić information content (AvgIpc) is 2.54. The van der Waals surface area contributed by atoms with Gasteiger partial charge < -0.3 is 5.32 Å². The summed E-state index contributed by atoms with van der Waals surface area (Å²) in [5, 5.41) is 4.52. The third-order valence-corrected chi connectivity index (χ3v) is 4.58. The molecule has 0 bridgehead atoms. The van der Waals surface area contributed by atoms with Crippen molar-refractivity contribution in [2.24, 2.45) is 0 Å². The number of pyridine rings is 1. The van der Waals surface area contributed by atoms with Gasteiger partial charge in [0.2, 0.25) is 5.91 Å². The number of anilines is 1. The van der Waals surface area contributed by atoms with Crippen LogP contribution in [0.15, 0.2) is 65.7 Å². The van der Waals surface area contributed by atoms with E-state index < -0.39 is 0 Å². The molecule has 0 atom stereocenters. The molecule has 0 fully saturated rings. The molecule has 3 nitrogen and oxygen atoms in total. The van der Waals surface area contributed by atoms with E-state index in [9.17, 15) is 4.79 Å². The molecule has 22 heavy (non-hydrogen) atoms. The maximum absolute atomic E-state index is 12.0. The Labute approximate surface area is 137 Å². The van der Waals surface area contributed by atoms with E-state index in [4.69, 9.17) is 11.6 Å². The predicted molar refractivity (Wildman–Crippen MR) is 92.5 cm³/mol. The van der Waals surface area contributed by atoms with Crippen molar-refractivity contribution < 1.29 is 4.79 Å². The van der Waals surface area contributed by atoms with Crippen LogP contribution in [-0.4, -0.2) is 16.6 Å². The summed E-state index contributed by atoms with van der Waals surface area (Å²) < 4.78 is 0. The number of carbonyl (C=O) groups excluding carboxylic acids is 1. The molecule has 110 valence electrons. The van der Waals surface area contributed by atoms with Crippen molar-refractivity contribution in [3.63, 3.8) is 0 Å². The first-order valence-electron chi connectivity index (χ1n) is 6.74. The molecule has 1 heterocycles. The van der Waals surface area contributed by atoms with Crippen molar-refractivity contribution >= 4 is 45.9 Å². The SMILES string of the molecule is O=C(CSc1ccccc1Cl)Nc1cnc2ccccc2c1. The van der Waals surface area contributed by atoms with Gasteiger partial charge in [0.05, 0.1) is 28.2 Å². The van der Waals surface area contributed by atoms with Crippen molar-refractivity contribution in [3.8, 4) is 0 Å². The Kier molecular flexibility index (Phi) is 4.61. The number of nitrogens with one attached hydrogen (secondary N) is 1. The maximum atomic E-state index is 12.0. The normalized spacial score (nSPS) is 10.6. The molecule has 0 saturated carbocycles. The molecule has 5 heteroatoms. The zero-order valence-electron chi connectivity index (χ0n) is 11.6. The van der Waals surface area contributed by atoms with Crippen molar-refractivity contribution in [3.05, 3.63) is 65.8 Å². The second-order valence-corrected chi connectivity index (χ2v) is 6.11. The van der Waals surface area contributed by atoms with Crippen LogP contribution in [0.1, 0.15) is 0 Å². The van der Waals surface area contributed by atoms with Crippen LogP contribution in [-0.2, 0) is 4.79 Å². The van der Waals surface area contributed by atoms with Gasteiger partial charge in [-0.05, 0) is 24.3 Å². The minimum Gasteiger partial charge on any atom is -0.324 e. The van der Waals surface area contributed by atoms with E-state index in [1.807, 2.05) is 54.6 Å². The highest BCUT2D eigenvalue weighted by Crippen LogP contribution is 2.26. The fourth-order valence-electron chi connectivity index (χ4n) is 2.04. The minimum absolute atomic E-state index is 0.0815. The number of halogens is 1. The van der Waals surface area contributed by atoms with E-state index in [2.05, 4.69) is 10.3 Å². The summed E-state index contributed by atoms with van der Waals surface area (Å²) in [5.74, 6) is 0.221. The number of fused-ring (bicyclic) bond motifs is 1. The summed E-state index contributed by atoms with van der Waals surface area (Å²) in [6, 6.07) is 17.2. The van der Waals surface area contributed by atoms with Crippen molar-refractivity contribution in [1.82, 2.24) is 4.98 Å². The Bertz CT molecular complexity index is 822. The van der Waals surface area contributed by atoms with Gasteiger partial charge in [-0.2, -0.15) is 0 Å². The molecule has 0 aliphatic carbocycles. The Morgan fingerprint density at radius 3 is 2.77 bits per heavy atom. The van der Waals surface area contributed by atoms with Gasteiger partial charge in [0.15, 0.2) is 0 Å². The second kappa shape index (κ2) is 6.81. The van der Waals surface area contributed by atoms with E-state index in [1.165, 1.54) is 11.8 Å². The molecule has 0 unspecified atom stereocenters. The van der Waals surface area contributed by atoms with Gasteiger partial charge in [-0.3, -0.25) is 9.78 Å². The zero-order valence-corrected chi connectivity index (χ0v) is 13.2. The summed E-state index contributed by atoms with van der Waals surface area (Å²) in [6.07, 6.45) is 1.67. The lowest BCUT2D eigenvalue weighted by atomic mass is 10.2. The smallest absolute Gasteiger partial charge is 0.234 e. The van der Waals surface area contributed by atoms with Gasteiger partial charge in [-0.25, -0.2) is 0 Å². The zero-order chi connectivity index (χ0) is 15.4. The number of para-hydroxylation sites is 1. The monoisotopic (exact) mass is 328 g/mol. The fourth-order valence-corrected chi connectivity index (χ4v) is 3.08. The lowest BCUT2D eigenvalue weighted by Gasteiger charge is -2.07. The predicted octanol–water partition coefficient (Wildman–Crippen LogP) is 4.62. The molecule has 1 N–H and O–H groups in total. The van der Waals surface area contributed by atoms with Crippen LogP contribution in [0.25, 0.3) is 10.9 Å². The number of thioether (sulfide) groups is 1. The maximum Gasteiger partial charge on any atom is 0.234 e. The molecular formula is C17H13ClN2OS. The van der Waals surface area contributed by atoms with Crippen LogP contribution >= 0.6 is 23.4 Å². The number of carbonyl (C=O) groups is 1. The lowest BCUT2D eigenvalue weighted by Crippen LogP contribution is -2.14. The van der Waals surface area contributed by atoms with Crippen LogP contribution in [0.2, 0.25) is 5.02 Å². The number of nitrogens with zero attached hydrogens (tertiary/aromatic N) is 1.